The van der Waals surface area contributed by atoms with Gasteiger partial charge in [0, 0.05) is 18.4 Å². The lowest BCUT2D eigenvalue weighted by molar-refractivity contribution is 0.752. The van der Waals surface area contributed by atoms with Crippen LogP contribution in [0.4, 0.5) is 0 Å². The van der Waals surface area contributed by atoms with Gasteiger partial charge >= 0.3 is 0 Å². The molecule has 1 aromatic rings. The summed E-state index contributed by atoms with van der Waals surface area (Å²) in [5.41, 5.74) is 9.09. The minimum absolute atomic E-state index is 0.501. The molecule has 0 aliphatic heterocycles. The van der Waals surface area contributed by atoms with Crippen molar-refractivity contribution in [3.63, 3.8) is 0 Å². The summed E-state index contributed by atoms with van der Waals surface area (Å²) in [4.78, 5) is 4.24. The van der Waals surface area contributed by atoms with Crippen LogP contribution in [-0.4, -0.2) is 11.5 Å². The molecule has 0 saturated carbocycles. The Bertz CT molecular complexity index is 310. The molecule has 2 N–H and O–H groups in total. The quantitative estimate of drug-likeness (QED) is 0.794. The van der Waals surface area contributed by atoms with Gasteiger partial charge in [0.1, 0.15) is 0 Å². The number of pyridine rings is 1. The predicted molar refractivity (Wildman–Crippen MR) is 60.8 cm³/mol. The molecule has 2 heteroatoms. The average molecular weight is 190 g/mol. The Hall–Kier alpha value is -1.15. The highest BCUT2D eigenvalue weighted by molar-refractivity contribution is 5.52. The Morgan fingerprint density at radius 1 is 1.50 bits per heavy atom. The topological polar surface area (TPSA) is 38.9 Å². The summed E-state index contributed by atoms with van der Waals surface area (Å²) in [5, 5.41) is 0. The molecule has 1 heterocycles. The Morgan fingerprint density at radius 3 is 2.64 bits per heavy atom. The predicted octanol–water partition coefficient (Wildman–Crippen LogP) is 2.39. The van der Waals surface area contributed by atoms with Crippen LogP contribution >= 0.6 is 0 Å². The fourth-order valence-electron chi connectivity index (χ4n) is 1.24. The van der Waals surface area contributed by atoms with Crippen LogP contribution < -0.4 is 5.73 Å². The molecule has 0 aliphatic rings. The van der Waals surface area contributed by atoms with Gasteiger partial charge in [0.15, 0.2) is 0 Å². The molecular weight excluding hydrogens is 172 g/mol. The summed E-state index contributed by atoms with van der Waals surface area (Å²) >= 11 is 0. The number of aryl methyl sites for hydroxylation is 1. The van der Waals surface area contributed by atoms with E-state index in [1.54, 1.807) is 0 Å². The molecular formula is C12H18N2. The summed E-state index contributed by atoms with van der Waals surface area (Å²) in [5.74, 6) is 0.501. The van der Waals surface area contributed by atoms with Crippen molar-refractivity contribution in [3.05, 3.63) is 35.2 Å². The van der Waals surface area contributed by atoms with Crippen LogP contribution in [0, 0.1) is 12.8 Å². The van der Waals surface area contributed by atoms with Gasteiger partial charge in [-0.3, -0.25) is 4.98 Å². The molecule has 0 fully saturated rings. The third kappa shape index (κ3) is 2.96. The highest BCUT2D eigenvalue weighted by atomic mass is 14.7. The zero-order valence-corrected chi connectivity index (χ0v) is 9.12. The van der Waals surface area contributed by atoms with Crippen molar-refractivity contribution in [2.24, 2.45) is 11.7 Å². The molecule has 1 aromatic heterocycles. The highest BCUT2D eigenvalue weighted by Gasteiger charge is 2.00. The Labute approximate surface area is 85.9 Å². The van der Waals surface area contributed by atoms with Gasteiger partial charge in [0.2, 0.25) is 0 Å². The van der Waals surface area contributed by atoms with E-state index < -0.39 is 0 Å². The van der Waals surface area contributed by atoms with E-state index in [9.17, 15) is 0 Å². The van der Waals surface area contributed by atoms with Gasteiger partial charge in [-0.1, -0.05) is 31.6 Å². The Kier molecular flexibility index (Phi) is 3.84. The number of nitrogens with two attached hydrogens (primary N) is 1. The third-order valence-electron chi connectivity index (χ3n) is 2.26. The Balaban J connectivity index is 2.89. The minimum Gasteiger partial charge on any atom is -0.327 e. The summed E-state index contributed by atoms with van der Waals surface area (Å²) in [6.07, 6.45) is 4.00. The maximum Gasteiger partial charge on any atom is 0.0373 e. The molecule has 1 rings (SSSR count). The van der Waals surface area contributed by atoms with Crippen molar-refractivity contribution in [2.45, 2.75) is 20.8 Å². The van der Waals surface area contributed by atoms with E-state index in [4.69, 9.17) is 5.73 Å². The van der Waals surface area contributed by atoms with E-state index in [2.05, 4.69) is 31.0 Å². The smallest absolute Gasteiger partial charge is 0.0373 e. The number of aromatic nitrogens is 1. The molecule has 14 heavy (non-hydrogen) atoms. The number of rotatable bonds is 3. The maximum atomic E-state index is 5.66. The molecule has 0 saturated heterocycles. The molecule has 0 atom stereocenters. The van der Waals surface area contributed by atoms with Crippen LogP contribution in [0.25, 0.3) is 6.08 Å². The van der Waals surface area contributed by atoms with Crippen LogP contribution in [0.2, 0.25) is 0 Å². The standard InChI is InChI=1S/C12H18N2/c1-9(2)12(7-13)6-11-5-4-10(3)14-8-11/h4-6,8-9H,7,13H2,1-3H3/b12-6+. The normalized spacial score (nSPS) is 12.2. The Morgan fingerprint density at radius 2 is 2.21 bits per heavy atom. The van der Waals surface area contributed by atoms with Crippen LogP contribution in [0.1, 0.15) is 25.1 Å². The fourth-order valence-corrected chi connectivity index (χ4v) is 1.24. The lowest BCUT2D eigenvalue weighted by Gasteiger charge is -2.08. The van der Waals surface area contributed by atoms with E-state index in [1.807, 2.05) is 19.2 Å². The monoisotopic (exact) mass is 190 g/mol. The third-order valence-corrected chi connectivity index (χ3v) is 2.26. The lowest BCUT2D eigenvalue weighted by atomic mass is 10.0. The van der Waals surface area contributed by atoms with E-state index in [0.717, 1.165) is 11.3 Å². The second-order valence-electron chi connectivity index (χ2n) is 3.81. The van der Waals surface area contributed by atoms with Gasteiger partial charge in [-0.25, -0.2) is 0 Å². The zero-order valence-electron chi connectivity index (χ0n) is 9.12. The first-order valence-electron chi connectivity index (χ1n) is 4.96. The van der Waals surface area contributed by atoms with Crippen molar-refractivity contribution >= 4 is 6.08 Å². The molecule has 0 aliphatic carbocycles. The molecule has 0 unspecified atom stereocenters. The summed E-state index contributed by atoms with van der Waals surface area (Å²) in [7, 11) is 0. The van der Waals surface area contributed by atoms with Crippen molar-refractivity contribution in [3.8, 4) is 0 Å². The number of hydrogen-bond donors (Lipinski definition) is 1. The largest absolute Gasteiger partial charge is 0.327 e. The van der Waals surface area contributed by atoms with Crippen molar-refractivity contribution in [1.29, 1.82) is 0 Å². The van der Waals surface area contributed by atoms with Gasteiger partial charge in [-0.05, 0) is 24.5 Å². The molecule has 0 bridgehead atoms. The highest BCUT2D eigenvalue weighted by Crippen LogP contribution is 2.12. The van der Waals surface area contributed by atoms with E-state index in [0.29, 0.717) is 12.5 Å². The van der Waals surface area contributed by atoms with Gasteiger partial charge < -0.3 is 5.73 Å². The van der Waals surface area contributed by atoms with Crippen LogP contribution in [0.3, 0.4) is 0 Å². The van der Waals surface area contributed by atoms with E-state index >= 15 is 0 Å². The van der Waals surface area contributed by atoms with Crippen LogP contribution in [0.15, 0.2) is 23.9 Å². The first-order chi connectivity index (χ1) is 6.63. The number of nitrogens with zero attached hydrogens (tertiary/aromatic N) is 1. The van der Waals surface area contributed by atoms with Crippen LogP contribution in [-0.2, 0) is 0 Å². The first kappa shape index (κ1) is 10.9. The van der Waals surface area contributed by atoms with Gasteiger partial charge in [0.05, 0.1) is 0 Å². The molecule has 2 nitrogen and oxygen atoms in total. The number of hydrogen-bond acceptors (Lipinski definition) is 2. The molecule has 0 spiro atoms. The fraction of sp³-hybridized carbons (Fsp3) is 0.417. The first-order valence-corrected chi connectivity index (χ1v) is 4.96. The van der Waals surface area contributed by atoms with Gasteiger partial charge in [0.25, 0.3) is 0 Å². The van der Waals surface area contributed by atoms with Crippen molar-refractivity contribution in [2.75, 3.05) is 6.54 Å². The van der Waals surface area contributed by atoms with Gasteiger partial charge in [-0.15, -0.1) is 0 Å². The second-order valence-corrected chi connectivity index (χ2v) is 3.81. The molecule has 0 amide bonds. The molecule has 0 aromatic carbocycles. The van der Waals surface area contributed by atoms with Crippen molar-refractivity contribution in [1.82, 2.24) is 4.98 Å². The van der Waals surface area contributed by atoms with E-state index in [1.165, 1.54) is 5.57 Å². The molecule has 76 valence electrons. The second kappa shape index (κ2) is 4.91. The summed E-state index contributed by atoms with van der Waals surface area (Å²) < 4.78 is 0. The molecule has 0 radical (unpaired) electrons. The van der Waals surface area contributed by atoms with E-state index in [-0.39, 0.29) is 0 Å². The lowest BCUT2D eigenvalue weighted by Crippen LogP contribution is -2.08. The summed E-state index contributed by atoms with van der Waals surface area (Å²) in [6.45, 7) is 6.91. The van der Waals surface area contributed by atoms with Crippen molar-refractivity contribution < 1.29 is 0 Å². The zero-order chi connectivity index (χ0) is 10.6. The summed E-state index contributed by atoms with van der Waals surface area (Å²) in [6, 6.07) is 4.08. The van der Waals surface area contributed by atoms with Crippen LogP contribution in [0.5, 0.6) is 0 Å². The van der Waals surface area contributed by atoms with Gasteiger partial charge in [-0.2, -0.15) is 0 Å². The average Bonchev–Trinajstić information content (AvgIpc) is 2.16. The maximum absolute atomic E-state index is 5.66. The minimum atomic E-state index is 0.501. The SMILES string of the molecule is Cc1ccc(/C=C(\CN)C(C)C)cn1.